The number of rotatable bonds is 4. The smallest absolute Gasteiger partial charge is 0.361 e. The molecule has 0 amide bonds. The highest BCUT2D eigenvalue weighted by atomic mass is 35.5. The van der Waals surface area contributed by atoms with Gasteiger partial charge in [0, 0.05) is 12.7 Å². The van der Waals surface area contributed by atoms with Gasteiger partial charge in [0.25, 0.3) is 0 Å². The molecule has 4 nitrogen and oxygen atoms in total. The molecule has 3 N–H and O–H groups in total. The lowest BCUT2D eigenvalue weighted by Crippen LogP contribution is -2.39. The van der Waals surface area contributed by atoms with Crippen molar-refractivity contribution in [2.45, 2.75) is 19.5 Å². The van der Waals surface area contributed by atoms with Crippen molar-refractivity contribution < 1.29 is 13.2 Å². The Balaban J connectivity index is 2.63. The number of nitrogens with one attached hydrogen (secondary N) is 3. The van der Waals surface area contributed by atoms with Gasteiger partial charge >= 0.3 is 6.18 Å². The summed E-state index contributed by atoms with van der Waals surface area (Å²) in [5.41, 5.74) is 4.20. The van der Waals surface area contributed by atoms with Crippen molar-refractivity contribution in [1.82, 2.24) is 15.7 Å². The molecule has 1 aromatic rings. The van der Waals surface area contributed by atoms with Crippen molar-refractivity contribution in [1.29, 1.82) is 0 Å². The van der Waals surface area contributed by atoms with E-state index in [0.29, 0.717) is 17.9 Å². The van der Waals surface area contributed by atoms with Gasteiger partial charge in [-0.3, -0.25) is 10.9 Å². The highest BCUT2D eigenvalue weighted by molar-refractivity contribution is 7.80. The van der Waals surface area contributed by atoms with Crippen LogP contribution >= 0.6 is 23.8 Å². The minimum atomic E-state index is -4.47. The normalized spacial score (nSPS) is 11.0. The van der Waals surface area contributed by atoms with E-state index in [0.717, 1.165) is 12.5 Å². The third-order valence-electron chi connectivity index (χ3n) is 2.00. The fourth-order valence-electron chi connectivity index (χ4n) is 1.08. The number of aromatic nitrogens is 1. The Bertz CT molecular complexity index is 453. The van der Waals surface area contributed by atoms with E-state index in [1.807, 2.05) is 6.92 Å². The Labute approximate surface area is 118 Å². The second-order valence-electron chi connectivity index (χ2n) is 3.56. The van der Waals surface area contributed by atoms with Crippen LogP contribution in [0, 0.1) is 0 Å². The second-order valence-corrected chi connectivity index (χ2v) is 4.37. The summed E-state index contributed by atoms with van der Waals surface area (Å²) in [6.07, 6.45) is -2.89. The number of hydrogen-bond donors (Lipinski definition) is 3. The predicted molar refractivity (Wildman–Crippen MR) is 71.9 cm³/mol. The average Bonchev–Trinajstić information content (AvgIpc) is 2.33. The van der Waals surface area contributed by atoms with Crippen molar-refractivity contribution in [3.8, 4) is 0 Å². The number of hydrogen-bond acceptors (Lipinski definition) is 3. The van der Waals surface area contributed by atoms with Gasteiger partial charge in [-0.25, -0.2) is 4.98 Å². The Morgan fingerprint density at radius 2 is 2.16 bits per heavy atom. The van der Waals surface area contributed by atoms with E-state index in [1.165, 1.54) is 0 Å². The molecule has 0 unspecified atom stereocenters. The first-order valence-electron chi connectivity index (χ1n) is 5.37. The number of hydrazine groups is 1. The Hall–Kier alpha value is -1.28. The lowest BCUT2D eigenvalue weighted by Gasteiger charge is -2.13. The van der Waals surface area contributed by atoms with E-state index in [1.54, 1.807) is 0 Å². The van der Waals surface area contributed by atoms with Crippen molar-refractivity contribution in [3.05, 3.63) is 22.8 Å². The molecule has 1 rings (SSSR count). The number of halogens is 4. The summed E-state index contributed by atoms with van der Waals surface area (Å²) in [5.74, 6) is 0.0651. The lowest BCUT2D eigenvalue weighted by molar-refractivity contribution is -0.137. The number of nitrogens with zero attached hydrogens (tertiary/aromatic N) is 1. The molecule has 0 spiro atoms. The Morgan fingerprint density at radius 1 is 1.47 bits per heavy atom. The molecule has 1 aromatic heterocycles. The average molecular weight is 313 g/mol. The van der Waals surface area contributed by atoms with Crippen LogP contribution in [0.5, 0.6) is 0 Å². The van der Waals surface area contributed by atoms with Crippen molar-refractivity contribution >= 4 is 34.7 Å². The van der Waals surface area contributed by atoms with Gasteiger partial charge < -0.3 is 5.32 Å². The highest BCUT2D eigenvalue weighted by Gasteiger charge is 2.31. The quantitative estimate of drug-likeness (QED) is 0.589. The molecule has 1 heterocycles. The van der Waals surface area contributed by atoms with Crippen LogP contribution in [-0.2, 0) is 6.18 Å². The van der Waals surface area contributed by atoms with Gasteiger partial charge in [-0.05, 0) is 24.7 Å². The minimum absolute atomic E-state index is 0.0651. The summed E-state index contributed by atoms with van der Waals surface area (Å²) in [5, 5.41) is 3.02. The molecule has 0 saturated heterocycles. The molecule has 9 heteroatoms. The maximum Gasteiger partial charge on any atom is 0.417 e. The van der Waals surface area contributed by atoms with Crippen LogP contribution in [0.15, 0.2) is 12.3 Å². The van der Waals surface area contributed by atoms with Crippen LogP contribution in [0.2, 0.25) is 5.02 Å². The van der Waals surface area contributed by atoms with Crippen molar-refractivity contribution in [2.24, 2.45) is 0 Å². The predicted octanol–water partition coefficient (Wildman–Crippen LogP) is 2.95. The lowest BCUT2D eigenvalue weighted by atomic mass is 10.3. The summed E-state index contributed by atoms with van der Waals surface area (Å²) in [6.45, 7) is 2.65. The van der Waals surface area contributed by atoms with Gasteiger partial charge in [-0.2, -0.15) is 13.2 Å². The summed E-state index contributed by atoms with van der Waals surface area (Å²) < 4.78 is 37.2. The zero-order valence-corrected chi connectivity index (χ0v) is 11.5. The van der Waals surface area contributed by atoms with Crippen molar-refractivity contribution in [2.75, 3.05) is 12.0 Å². The summed E-state index contributed by atoms with van der Waals surface area (Å²) in [6, 6.07) is 0.793. The van der Waals surface area contributed by atoms with Crippen LogP contribution in [0.3, 0.4) is 0 Å². The van der Waals surface area contributed by atoms with E-state index in [-0.39, 0.29) is 10.8 Å². The third kappa shape index (κ3) is 5.07. The highest BCUT2D eigenvalue weighted by Crippen LogP contribution is 2.32. The number of anilines is 1. The number of thiocarbonyl (C=S) groups is 1. The van der Waals surface area contributed by atoms with Crippen LogP contribution in [0.1, 0.15) is 18.9 Å². The van der Waals surface area contributed by atoms with Crippen LogP contribution < -0.4 is 16.2 Å². The maximum atomic E-state index is 12.4. The van der Waals surface area contributed by atoms with Gasteiger partial charge in [-0.1, -0.05) is 18.5 Å². The van der Waals surface area contributed by atoms with Crippen LogP contribution in [0.25, 0.3) is 0 Å². The zero-order chi connectivity index (χ0) is 14.5. The maximum absolute atomic E-state index is 12.4. The molecule has 0 fully saturated rings. The molecule has 0 aliphatic carbocycles. The largest absolute Gasteiger partial charge is 0.417 e. The van der Waals surface area contributed by atoms with Gasteiger partial charge in [0.2, 0.25) is 0 Å². The number of pyridine rings is 1. The topological polar surface area (TPSA) is 49.0 Å². The van der Waals surface area contributed by atoms with Gasteiger partial charge in [0.05, 0.1) is 10.6 Å². The summed E-state index contributed by atoms with van der Waals surface area (Å²) >= 11 is 10.6. The van der Waals surface area contributed by atoms with E-state index in [9.17, 15) is 13.2 Å². The van der Waals surface area contributed by atoms with Gasteiger partial charge in [0.1, 0.15) is 0 Å². The second kappa shape index (κ2) is 6.76. The van der Waals surface area contributed by atoms with E-state index < -0.39 is 11.7 Å². The SMILES string of the molecule is CCCNC(=S)NNc1ncc(C(F)(F)F)cc1Cl. The third-order valence-corrected chi connectivity index (χ3v) is 2.53. The van der Waals surface area contributed by atoms with Gasteiger partial charge in [0.15, 0.2) is 10.9 Å². The molecule has 0 atom stereocenters. The minimum Gasteiger partial charge on any atom is -0.361 e. The molecule has 0 bridgehead atoms. The Morgan fingerprint density at radius 3 is 2.68 bits per heavy atom. The molecule has 0 aromatic carbocycles. The molecule has 0 radical (unpaired) electrons. The van der Waals surface area contributed by atoms with Gasteiger partial charge in [-0.15, -0.1) is 0 Å². The summed E-state index contributed by atoms with van der Waals surface area (Å²) in [7, 11) is 0. The van der Waals surface area contributed by atoms with Crippen LogP contribution in [-0.4, -0.2) is 16.6 Å². The summed E-state index contributed by atoms with van der Waals surface area (Å²) in [4.78, 5) is 3.58. The van der Waals surface area contributed by atoms with Crippen LogP contribution in [0.4, 0.5) is 19.0 Å². The molecule has 106 valence electrons. The van der Waals surface area contributed by atoms with E-state index >= 15 is 0 Å². The first-order chi connectivity index (χ1) is 8.84. The van der Waals surface area contributed by atoms with E-state index in [2.05, 4.69) is 21.2 Å². The molecule has 0 aliphatic heterocycles. The molecule has 19 heavy (non-hydrogen) atoms. The molecule has 0 aliphatic rings. The standard InChI is InChI=1S/C10H12ClF3N4S/c1-2-3-15-9(19)18-17-8-7(11)4-6(5-16-8)10(12,13)14/h4-5H,2-3H2,1H3,(H,16,17)(H2,15,18,19). The molecular weight excluding hydrogens is 301 g/mol. The van der Waals surface area contributed by atoms with Crippen molar-refractivity contribution in [3.63, 3.8) is 0 Å². The Kier molecular flexibility index (Phi) is 5.61. The van der Waals surface area contributed by atoms with E-state index in [4.69, 9.17) is 23.8 Å². The first kappa shape index (κ1) is 15.8. The number of alkyl halides is 3. The first-order valence-corrected chi connectivity index (χ1v) is 6.15. The molecule has 0 saturated carbocycles. The monoisotopic (exact) mass is 312 g/mol. The zero-order valence-electron chi connectivity index (χ0n) is 9.94. The fraction of sp³-hybridized carbons (Fsp3) is 0.400. The molecular formula is C10H12ClF3N4S. The fourth-order valence-corrected chi connectivity index (χ4v) is 1.45.